The van der Waals surface area contributed by atoms with E-state index >= 15 is 0 Å². The first-order valence-corrected chi connectivity index (χ1v) is 7.76. The maximum atomic E-state index is 9.37. The second kappa shape index (κ2) is 6.79. The standard InChI is InChI=1S/C16H20N4S/c1-11(2)18-10-13-5-6-15(14(8-13)9-17)21-16-7-12(3)19-20(16)4/h5-8,11,18H,10H2,1-4H3. The van der Waals surface area contributed by atoms with Crippen LogP contribution in [0, 0.1) is 18.3 Å². The first kappa shape index (κ1) is 15.6. The van der Waals surface area contributed by atoms with Gasteiger partial charge in [0.05, 0.1) is 16.3 Å². The summed E-state index contributed by atoms with van der Waals surface area (Å²) in [5, 5.41) is 18.1. The lowest BCUT2D eigenvalue weighted by Gasteiger charge is -2.10. The fraction of sp³-hybridized carbons (Fsp3) is 0.375. The molecule has 21 heavy (non-hydrogen) atoms. The Morgan fingerprint density at radius 1 is 1.38 bits per heavy atom. The molecule has 0 radical (unpaired) electrons. The second-order valence-corrected chi connectivity index (χ2v) is 6.39. The second-order valence-electron chi connectivity index (χ2n) is 5.33. The number of aryl methyl sites for hydroxylation is 2. The number of hydrogen-bond donors (Lipinski definition) is 1. The highest BCUT2D eigenvalue weighted by Crippen LogP contribution is 2.31. The number of aromatic nitrogens is 2. The molecule has 0 spiro atoms. The minimum atomic E-state index is 0.432. The normalized spacial score (nSPS) is 10.9. The molecule has 1 N–H and O–H groups in total. The predicted octanol–water partition coefficient (Wildman–Crippen LogP) is 3.25. The molecule has 0 saturated heterocycles. The van der Waals surface area contributed by atoms with Crippen LogP contribution in [0.4, 0.5) is 0 Å². The van der Waals surface area contributed by atoms with Gasteiger partial charge in [-0.1, -0.05) is 31.7 Å². The molecule has 0 atom stereocenters. The Labute approximate surface area is 130 Å². The number of nitrogens with zero attached hydrogens (tertiary/aromatic N) is 3. The summed E-state index contributed by atoms with van der Waals surface area (Å²) in [5.41, 5.74) is 2.82. The van der Waals surface area contributed by atoms with E-state index in [1.54, 1.807) is 11.8 Å². The highest BCUT2D eigenvalue weighted by molar-refractivity contribution is 7.99. The zero-order valence-corrected chi connectivity index (χ0v) is 13.7. The minimum Gasteiger partial charge on any atom is -0.310 e. The zero-order chi connectivity index (χ0) is 15.4. The molecule has 0 saturated carbocycles. The summed E-state index contributed by atoms with van der Waals surface area (Å²) in [6, 6.07) is 10.8. The van der Waals surface area contributed by atoms with Crippen LogP contribution in [0.15, 0.2) is 34.2 Å². The quantitative estimate of drug-likeness (QED) is 0.921. The largest absolute Gasteiger partial charge is 0.310 e. The highest BCUT2D eigenvalue weighted by Gasteiger charge is 2.09. The molecule has 0 aliphatic rings. The van der Waals surface area contributed by atoms with Gasteiger partial charge in [-0.2, -0.15) is 10.4 Å². The van der Waals surface area contributed by atoms with Gasteiger partial charge in [-0.05, 0) is 30.7 Å². The van der Waals surface area contributed by atoms with Crippen molar-refractivity contribution in [3.05, 3.63) is 41.1 Å². The molecular formula is C16H20N4S. The molecule has 2 aromatic rings. The van der Waals surface area contributed by atoms with Crippen LogP contribution in [0.3, 0.4) is 0 Å². The number of rotatable bonds is 5. The highest BCUT2D eigenvalue weighted by atomic mass is 32.2. The molecule has 0 aliphatic heterocycles. The van der Waals surface area contributed by atoms with Crippen molar-refractivity contribution in [2.45, 2.75) is 43.3 Å². The number of hydrogen-bond acceptors (Lipinski definition) is 4. The van der Waals surface area contributed by atoms with Gasteiger partial charge >= 0.3 is 0 Å². The molecule has 4 nitrogen and oxygen atoms in total. The maximum Gasteiger partial charge on any atom is 0.100 e. The van der Waals surface area contributed by atoms with Crippen LogP contribution in [-0.4, -0.2) is 15.8 Å². The molecule has 0 amide bonds. The topological polar surface area (TPSA) is 53.6 Å². The lowest BCUT2D eigenvalue weighted by atomic mass is 10.1. The SMILES string of the molecule is Cc1cc(Sc2ccc(CNC(C)C)cc2C#N)n(C)n1. The predicted molar refractivity (Wildman–Crippen MR) is 85.2 cm³/mol. The Kier molecular flexibility index (Phi) is 5.05. The summed E-state index contributed by atoms with van der Waals surface area (Å²) >= 11 is 1.58. The third-order valence-corrected chi connectivity index (χ3v) is 4.22. The molecule has 0 bridgehead atoms. The van der Waals surface area contributed by atoms with E-state index in [-0.39, 0.29) is 0 Å². The summed E-state index contributed by atoms with van der Waals surface area (Å²) < 4.78 is 1.84. The van der Waals surface area contributed by atoms with Gasteiger partial charge in [0.1, 0.15) is 6.07 Å². The van der Waals surface area contributed by atoms with E-state index in [1.165, 1.54) is 0 Å². The van der Waals surface area contributed by atoms with Crippen molar-refractivity contribution >= 4 is 11.8 Å². The van der Waals surface area contributed by atoms with Gasteiger partial charge in [0.15, 0.2) is 0 Å². The molecule has 0 fully saturated rings. The Morgan fingerprint density at radius 3 is 2.71 bits per heavy atom. The summed E-state index contributed by atoms with van der Waals surface area (Å²) in [6.45, 7) is 6.97. The van der Waals surface area contributed by atoms with Gasteiger partial charge in [0, 0.05) is 24.5 Å². The van der Waals surface area contributed by atoms with Gasteiger partial charge in [0.25, 0.3) is 0 Å². The van der Waals surface area contributed by atoms with Gasteiger partial charge in [-0.15, -0.1) is 0 Å². The van der Waals surface area contributed by atoms with Crippen LogP contribution >= 0.6 is 11.8 Å². The Bertz CT molecular complexity index is 667. The van der Waals surface area contributed by atoms with Crippen LogP contribution < -0.4 is 5.32 Å². The minimum absolute atomic E-state index is 0.432. The molecular weight excluding hydrogens is 280 g/mol. The van der Waals surface area contributed by atoms with E-state index in [1.807, 2.05) is 36.9 Å². The van der Waals surface area contributed by atoms with Crippen molar-refractivity contribution in [3.8, 4) is 6.07 Å². The molecule has 1 aromatic carbocycles. The lowest BCUT2D eigenvalue weighted by molar-refractivity contribution is 0.588. The summed E-state index contributed by atoms with van der Waals surface area (Å²) in [6.07, 6.45) is 0. The van der Waals surface area contributed by atoms with Crippen molar-refractivity contribution in [3.63, 3.8) is 0 Å². The average molecular weight is 300 g/mol. The summed E-state index contributed by atoms with van der Waals surface area (Å²) in [5.74, 6) is 0. The van der Waals surface area contributed by atoms with E-state index in [0.29, 0.717) is 11.6 Å². The molecule has 5 heteroatoms. The van der Waals surface area contributed by atoms with Crippen LogP contribution in [-0.2, 0) is 13.6 Å². The Balaban J connectivity index is 2.20. The molecule has 1 heterocycles. The first-order chi connectivity index (χ1) is 9.99. The van der Waals surface area contributed by atoms with Crippen molar-refractivity contribution in [1.82, 2.24) is 15.1 Å². The Morgan fingerprint density at radius 2 is 2.14 bits per heavy atom. The van der Waals surface area contributed by atoms with E-state index in [0.717, 1.165) is 27.7 Å². The average Bonchev–Trinajstić information content (AvgIpc) is 2.75. The van der Waals surface area contributed by atoms with Gasteiger partial charge in [0.2, 0.25) is 0 Å². The molecule has 1 aromatic heterocycles. The maximum absolute atomic E-state index is 9.37. The van der Waals surface area contributed by atoms with E-state index < -0.39 is 0 Å². The zero-order valence-electron chi connectivity index (χ0n) is 12.8. The summed E-state index contributed by atoms with van der Waals surface area (Å²) in [4.78, 5) is 0.966. The Hall–Kier alpha value is -1.77. The first-order valence-electron chi connectivity index (χ1n) is 6.94. The van der Waals surface area contributed by atoms with Crippen LogP contribution in [0.2, 0.25) is 0 Å². The van der Waals surface area contributed by atoms with Crippen LogP contribution in [0.25, 0.3) is 0 Å². The summed E-state index contributed by atoms with van der Waals surface area (Å²) in [7, 11) is 1.92. The molecule has 2 rings (SSSR count). The lowest BCUT2D eigenvalue weighted by Crippen LogP contribution is -2.21. The van der Waals surface area contributed by atoms with Crippen molar-refractivity contribution < 1.29 is 0 Å². The molecule has 110 valence electrons. The molecule has 0 aliphatic carbocycles. The third kappa shape index (κ3) is 4.10. The van der Waals surface area contributed by atoms with Crippen LogP contribution in [0.5, 0.6) is 0 Å². The van der Waals surface area contributed by atoms with Gasteiger partial charge in [-0.25, -0.2) is 0 Å². The number of benzene rings is 1. The van der Waals surface area contributed by atoms with Crippen molar-refractivity contribution in [1.29, 1.82) is 5.26 Å². The van der Waals surface area contributed by atoms with E-state index in [9.17, 15) is 5.26 Å². The van der Waals surface area contributed by atoms with Crippen molar-refractivity contribution in [2.75, 3.05) is 0 Å². The number of nitrogens with one attached hydrogen (secondary N) is 1. The fourth-order valence-electron chi connectivity index (χ4n) is 1.98. The van der Waals surface area contributed by atoms with Crippen molar-refractivity contribution in [2.24, 2.45) is 7.05 Å². The van der Waals surface area contributed by atoms with Gasteiger partial charge < -0.3 is 5.32 Å². The van der Waals surface area contributed by atoms with Gasteiger partial charge in [-0.3, -0.25) is 4.68 Å². The molecule has 0 unspecified atom stereocenters. The fourth-order valence-corrected chi connectivity index (χ4v) is 2.96. The third-order valence-electron chi connectivity index (χ3n) is 3.05. The smallest absolute Gasteiger partial charge is 0.100 e. The monoisotopic (exact) mass is 300 g/mol. The van der Waals surface area contributed by atoms with Crippen LogP contribution in [0.1, 0.15) is 30.7 Å². The van der Waals surface area contributed by atoms with E-state index in [4.69, 9.17) is 0 Å². The number of nitriles is 1. The van der Waals surface area contributed by atoms with E-state index in [2.05, 4.69) is 36.4 Å².